The van der Waals surface area contributed by atoms with Gasteiger partial charge in [-0.25, -0.2) is 8.42 Å². The summed E-state index contributed by atoms with van der Waals surface area (Å²) in [6.07, 6.45) is 0.746. The van der Waals surface area contributed by atoms with Crippen molar-refractivity contribution in [1.29, 1.82) is 0 Å². The van der Waals surface area contributed by atoms with E-state index in [9.17, 15) is 18.1 Å². The van der Waals surface area contributed by atoms with E-state index in [2.05, 4.69) is 103 Å². The quantitative estimate of drug-likeness (QED) is 0.396. The van der Waals surface area contributed by atoms with Crippen LogP contribution in [0.25, 0.3) is 0 Å². The highest BCUT2D eigenvalue weighted by atomic mass is 32.3. The molecule has 2 aromatic rings. The molecule has 2 aromatic carbocycles. The number of phenolic OH excluding ortho intramolecular Hbond substituents is 1. The van der Waals surface area contributed by atoms with E-state index in [1.165, 1.54) is 16.8 Å². The standard InChI is InChI=1S/C24H35NO.CH4O4S/c1-23(2,3)19-15-18(22(26)21(16-19)24(4,5)6)14-17-10-12-20(13-11-17)25(7,8)9;1-5-6(2,3)4/h10-13,15-16H,14H2,1-9H3;1H3,(H,2,3,4). The largest absolute Gasteiger partial charge is 0.726 e. The van der Waals surface area contributed by atoms with Gasteiger partial charge in [-0.3, -0.25) is 8.67 Å². The lowest BCUT2D eigenvalue weighted by Gasteiger charge is -2.27. The van der Waals surface area contributed by atoms with E-state index in [1.54, 1.807) is 0 Å². The molecule has 0 aromatic heterocycles. The molecule has 0 saturated carbocycles. The van der Waals surface area contributed by atoms with Gasteiger partial charge in [0.2, 0.25) is 10.4 Å². The molecule has 0 aliphatic heterocycles. The Kier molecular flexibility index (Phi) is 8.71. The molecule has 0 radical (unpaired) electrons. The lowest BCUT2D eigenvalue weighted by Crippen LogP contribution is -2.34. The molecule has 0 aliphatic carbocycles. The Morgan fingerprint density at radius 3 is 1.75 bits per heavy atom. The van der Waals surface area contributed by atoms with Crippen LogP contribution in [0.1, 0.15) is 63.8 Å². The molecule has 7 heteroatoms. The van der Waals surface area contributed by atoms with Crippen LogP contribution in [0, 0.1) is 0 Å². The third-order valence-electron chi connectivity index (χ3n) is 5.17. The summed E-state index contributed by atoms with van der Waals surface area (Å²) in [5, 5.41) is 11.0. The summed E-state index contributed by atoms with van der Waals surface area (Å²) in [5.41, 5.74) is 5.78. The van der Waals surface area contributed by atoms with E-state index in [0.29, 0.717) is 5.75 Å². The summed E-state index contributed by atoms with van der Waals surface area (Å²) < 4.78 is 31.8. The molecule has 0 aliphatic rings. The zero-order valence-corrected chi connectivity index (χ0v) is 21.9. The van der Waals surface area contributed by atoms with E-state index in [4.69, 9.17) is 0 Å². The van der Waals surface area contributed by atoms with E-state index in [0.717, 1.165) is 29.1 Å². The Labute approximate surface area is 194 Å². The molecule has 0 amide bonds. The second kappa shape index (κ2) is 9.91. The highest BCUT2D eigenvalue weighted by Gasteiger charge is 2.25. The second-order valence-corrected chi connectivity index (χ2v) is 12.1. The molecule has 32 heavy (non-hydrogen) atoms. The smallest absolute Gasteiger partial charge is 0.217 e. The molecule has 0 spiro atoms. The third-order valence-corrected chi connectivity index (χ3v) is 5.58. The SMILES string of the molecule is CC(C)(C)c1cc(Cc2ccc([N+](C)(C)C)cc2)c(O)c(C(C)(C)C)c1.COS(=O)(=O)[O-]. The summed E-state index contributed by atoms with van der Waals surface area (Å²) in [5.74, 6) is 0.446. The number of rotatable bonds is 4. The summed E-state index contributed by atoms with van der Waals surface area (Å²) >= 11 is 0. The van der Waals surface area contributed by atoms with Gasteiger partial charge in [0.1, 0.15) is 11.4 Å². The average Bonchev–Trinajstić information content (AvgIpc) is 2.61. The van der Waals surface area contributed by atoms with Crippen molar-refractivity contribution in [3.63, 3.8) is 0 Å². The summed E-state index contributed by atoms with van der Waals surface area (Å²) in [7, 11) is 2.91. The molecule has 0 saturated heterocycles. The fourth-order valence-corrected chi connectivity index (χ4v) is 3.11. The topological polar surface area (TPSA) is 86.7 Å². The minimum atomic E-state index is -4.41. The van der Waals surface area contributed by atoms with Crippen molar-refractivity contribution >= 4 is 16.1 Å². The zero-order chi connectivity index (χ0) is 25.1. The first kappa shape index (κ1) is 28.1. The lowest BCUT2D eigenvalue weighted by molar-refractivity contribution is 0.314. The van der Waals surface area contributed by atoms with Crippen molar-refractivity contribution in [2.24, 2.45) is 0 Å². The van der Waals surface area contributed by atoms with E-state index in [1.807, 2.05) is 0 Å². The van der Waals surface area contributed by atoms with Crippen LogP contribution in [0.3, 0.4) is 0 Å². The van der Waals surface area contributed by atoms with E-state index < -0.39 is 10.4 Å². The van der Waals surface area contributed by atoms with Crippen molar-refractivity contribution < 1.29 is 22.3 Å². The van der Waals surface area contributed by atoms with Crippen LogP contribution in [0.4, 0.5) is 5.69 Å². The van der Waals surface area contributed by atoms with Gasteiger partial charge in [-0.1, -0.05) is 65.8 Å². The molecule has 180 valence electrons. The predicted molar refractivity (Wildman–Crippen MR) is 131 cm³/mol. The molecule has 2 rings (SSSR count). The minimum Gasteiger partial charge on any atom is -0.726 e. The number of phenols is 1. The van der Waals surface area contributed by atoms with Crippen LogP contribution in [-0.4, -0.2) is 46.3 Å². The molecule has 6 nitrogen and oxygen atoms in total. The first-order valence-corrected chi connectivity index (χ1v) is 11.9. The summed E-state index contributed by atoms with van der Waals surface area (Å²) in [6.45, 7) is 13.2. The van der Waals surface area contributed by atoms with Crippen LogP contribution in [0.15, 0.2) is 36.4 Å². The average molecular weight is 466 g/mol. The Balaban J connectivity index is 0.000000751. The van der Waals surface area contributed by atoms with Crippen molar-refractivity contribution in [2.45, 2.75) is 58.8 Å². The number of hydrogen-bond acceptors (Lipinski definition) is 5. The normalized spacial score (nSPS) is 12.8. The number of nitrogens with zero attached hydrogens (tertiary/aromatic N) is 1. The van der Waals surface area contributed by atoms with Gasteiger partial charge < -0.3 is 9.66 Å². The fourth-order valence-electron chi connectivity index (χ4n) is 3.11. The summed E-state index contributed by atoms with van der Waals surface area (Å²) in [6, 6.07) is 13.1. The summed E-state index contributed by atoms with van der Waals surface area (Å²) in [4.78, 5) is 0. The Hall–Kier alpha value is -1.93. The molecule has 0 atom stereocenters. The molecule has 0 fully saturated rings. The van der Waals surface area contributed by atoms with Crippen LogP contribution in [-0.2, 0) is 31.8 Å². The Morgan fingerprint density at radius 1 is 0.938 bits per heavy atom. The van der Waals surface area contributed by atoms with Crippen LogP contribution in [0.5, 0.6) is 5.75 Å². The van der Waals surface area contributed by atoms with Crippen molar-refractivity contribution in [1.82, 2.24) is 4.48 Å². The van der Waals surface area contributed by atoms with Gasteiger partial charge in [-0.05, 0) is 45.2 Å². The number of aromatic hydroxyl groups is 1. The fraction of sp³-hybridized carbons (Fsp3) is 0.520. The van der Waals surface area contributed by atoms with Crippen LogP contribution in [0.2, 0.25) is 0 Å². The van der Waals surface area contributed by atoms with Gasteiger partial charge in [0.15, 0.2) is 0 Å². The van der Waals surface area contributed by atoms with Gasteiger partial charge >= 0.3 is 0 Å². The first-order valence-electron chi connectivity index (χ1n) is 10.5. The predicted octanol–water partition coefficient (Wildman–Crippen LogP) is 4.87. The Bertz CT molecular complexity index is 1010. The van der Waals surface area contributed by atoms with Crippen LogP contribution >= 0.6 is 0 Å². The molecule has 0 bridgehead atoms. The zero-order valence-electron chi connectivity index (χ0n) is 21.1. The molecule has 0 unspecified atom stereocenters. The second-order valence-electron chi connectivity index (χ2n) is 11.0. The maximum atomic E-state index is 11.0. The molecule has 0 heterocycles. The number of benzene rings is 2. The highest BCUT2D eigenvalue weighted by molar-refractivity contribution is 7.80. The molecule has 1 N–H and O–H groups in total. The van der Waals surface area contributed by atoms with Gasteiger partial charge in [-0.15, -0.1) is 0 Å². The Morgan fingerprint density at radius 2 is 1.41 bits per heavy atom. The van der Waals surface area contributed by atoms with E-state index >= 15 is 0 Å². The van der Waals surface area contributed by atoms with Crippen molar-refractivity contribution in [2.75, 3.05) is 28.3 Å². The van der Waals surface area contributed by atoms with Gasteiger partial charge in [-0.2, -0.15) is 0 Å². The maximum absolute atomic E-state index is 11.0. The minimum absolute atomic E-state index is 0.0516. The maximum Gasteiger partial charge on any atom is 0.217 e. The van der Waals surface area contributed by atoms with Gasteiger partial charge in [0.25, 0.3) is 0 Å². The monoisotopic (exact) mass is 465 g/mol. The van der Waals surface area contributed by atoms with Gasteiger partial charge in [0, 0.05) is 6.42 Å². The third kappa shape index (κ3) is 8.54. The van der Waals surface area contributed by atoms with Crippen molar-refractivity contribution in [3.05, 3.63) is 58.7 Å². The lowest BCUT2D eigenvalue weighted by atomic mass is 9.78. The number of hydrogen-bond donors (Lipinski definition) is 1. The number of quaternary nitrogens is 1. The highest BCUT2D eigenvalue weighted by Crippen LogP contribution is 2.38. The van der Waals surface area contributed by atoms with Crippen molar-refractivity contribution in [3.8, 4) is 5.75 Å². The molecular formula is C25H39NO5S. The van der Waals surface area contributed by atoms with Gasteiger partial charge in [0.05, 0.1) is 28.3 Å². The van der Waals surface area contributed by atoms with E-state index in [-0.39, 0.29) is 10.8 Å². The van der Waals surface area contributed by atoms with Crippen LogP contribution < -0.4 is 4.48 Å². The first-order chi connectivity index (χ1) is 14.3. The molecular weight excluding hydrogens is 426 g/mol.